The Bertz CT molecular complexity index is 754. The Hall–Kier alpha value is -2.50. The molecule has 1 atom stereocenters. The van der Waals surface area contributed by atoms with Crippen LogP contribution in [0.25, 0.3) is 0 Å². The first-order chi connectivity index (χ1) is 11.4. The first kappa shape index (κ1) is 16.4. The van der Waals surface area contributed by atoms with Crippen LogP contribution in [0.4, 0.5) is 0 Å². The fraction of sp³-hybridized carbons (Fsp3) is 0.444. The number of carbonyl (C=O) groups excluding carboxylic acids is 2. The summed E-state index contributed by atoms with van der Waals surface area (Å²) >= 11 is 0. The summed E-state index contributed by atoms with van der Waals surface area (Å²) < 4.78 is 5.18. The lowest BCUT2D eigenvalue weighted by molar-refractivity contribution is -0.140. The molecule has 2 amide bonds. The van der Waals surface area contributed by atoms with E-state index in [4.69, 9.17) is 4.52 Å². The Labute approximate surface area is 140 Å². The number of nitrogens with zero attached hydrogens (tertiary/aromatic N) is 3. The summed E-state index contributed by atoms with van der Waals surface area (Å²) in [5.74, 6) is 0.875. The summed E-state index contributed by atoms with van der Waals surface area (Å²) in [7, 11) is 0. The molecule has 0 saturated carbocycles. The Kier molecular flexibility index (Phi) is 4.22. The number of carbonyl (C=O) groups is 2. The van der Waals surface area contributed by atoms with Gasteiger partial charge >= 0.3 is 0 Å². The Morgan fingerprint density at radius 2 is 1.96 bits per heavy atom. The zero-order valence-electron chi connectivity index (χ0n) is 14.2. The summed E-state index contributed by atoms with van der Waals surface area (Å²) in [6, 6.07) is 9.39. The Balaban J connectivity index is 1.79. The lowest BCUT2D eigenvalue weighted by atomic mass is 9.81. The second kappa shape index (κ2) is 6.19. The fourth-order valence-corrected chi connectivity index (χ4v) is 3.00. The van der Waals surface area contributed by atoms with Gasteiger partial charge in [0.25, 0.3) is 0 Å². The summed E-state index contributed by atoms with van der Waals surface area (Å²) in [5, 5.41) is 3.89. The van der Waals surface area contributed by atoms with Gasteiger partial charge in [-0.25, -0.2) is 0 Å². The van der Waals surface area contributed by atoms with Gasteiger partial charge in [0.05, 0.1) is 12.0 Å². The number of hydrogen-bond acceptors (Lipinski definition) is 5. The molecule has 1 fully saturated rings. The molecule has 24 heavy (non-hydrogen) atoms. The van der Waals surface area contributed by atoms with Gasteiger partial charge in [-0.2, -0.15) is 4.98 Å². The number of likely N-dealkylation sites (tertiary alicyclic amines) is 1. The van der Waals surface area contributed by atoms with Crippen LogP contribution in [0.1, 0.15) is 44.5 Å². The molecule has 2 heterocycles. The van der Waals surface area contributed by atoms with Gasteiger partial charge in [-0.3, -0.25) is 14.5 Å². The van der Waals surface area contributed by atoms with Gasteiger partial charge in [-0.1, -0.05) is 49.3 Å². The first-order valence-electron chi connectivity index (χ1n) is 8.12. The van der Waals surface area contributed by atoms with Crippen molar-refractivity contribution in [3.05, 3.63) is 47.6 Å². The smallest absolute Gasteiger partial charge is 0.240 e. The van der Waals surface area contributed by atoms with Gasteiger partial charge in [0.2, 0.25) is 17.7 Å². The van der Waals surface area contributed by atoms with Crippen LogP contribution < -0.4 is 0 Å². The number of imide groups is 1. The van der Waals surface area contributed by atoms with Gasteiger partial charge in [0.15, 0.2) is 5.82 Å². The minimum Gasteiger partial charge on any atom is -0.339 e. The number of benzene rings is 1. The largest absolute Gasteiger partial charge is 0.339 e. The maximum absolute atomic E-state index is 12.8. The predicted molar refractivity (Wildman–Crippen MR) is 86.8 cm³/mol. The highest BCUT2D eigenvalue weighted by Crippen LogP contribution is 2.36. The molecule has 0 spiro atoms. The third-order valence-electron chi connectivity index (χ3n) is 4.33. The monoisotopic (exact) mass is 327 g/mol. The lowest BCUT2D eigenvalue weighted by Crippen LogP contribution is -2.36. The van der Waals surface area contributed by atoms with Crippen molar-refractivity contribution in [2.45, 2.75) is 45.6 Å². The molecule has 0 bridgehead atoms. The van der Waals surface area contributed by atoms with Gasteiger partial charge in [0, 0.05) is 12.8 Å². The van der Waals surface area contributed by atoms with Crippen LogP contribution in [-0.2, 0) is 28.0 Å². The molecule has 2 aromatic rings. The standard InChI is InChI=1S/C18H21N3O3/c1-12(2)9-15-19-14(20-24-15)11-21-16(22)10-18(3,17(21)23)13-7-5-4-6-8-13/h4-8,12H,9-11H2,1-3H3. The van der Waals surface area contributed by atoms with Crippen molar-refractivity contribution in [3.63, 3.8) is 0 Å². The van der Waals surface area contributed by atoms with Crippen molar-refractivity contribution in [2.24, 2.45) is 5.92 Å². The first-order valence-corrected chi connectivity index (χ1v) is 8.12. The SMILES string of the molecule is CC(C)Cc1nc(CN2C(=O)CC(C)(c3ccccc3)C2=O)no1. The zero-order valence-corrected chi connectivity index (χ0v) is 14.2. The molecule has 6 nitrogen and oxygen atoms in total. The molecule has 1 unspecified atom stereocenters. The second-order valence-electron chi connectivity index (χ2n) is 6.86. The van der Waals surface area contributed by atoms with E-state index >= 15 is 0 Å². The highest BCUT2D eigenvalue weighted by Gasteiger charge is 2.49. The molecule has 1 aliphatic heterocycles. The summed E-state index contributed by atoms with van der Waals surface area (Å²) in [5.41, 5.74) is 0.0162. The van der Waals surface area contributed by atoms with Gasteiger partial charge in [0.1, 0.15) is 0 Å². The van der Waals surface area contributed by atoms with Crippen molar-refractivity contribution < 1.29 is 14.1 Å². The highest BCUT2D eigenvalue weighted by molar-refractivity contribution is 6.08. The maximum Gasteiger partial charge on any atom is 0.240 e. The van der Waals surface area contributed by atoms with E-state index in [9.17, 15) is 9.59 Å². The van der Waals surface area contributed by atoms with E-state index in [0.29, 0.717) is 24.1 Å². The van der Waals surface area contributed by atoms with Gasteiger partial charge in [-0.15, -0.1) is 0 Å². The van der Waals surface area contributed by atoms with Crippen molar-refractivity contribution in [1.82, 2.24) is 15.0 Å². The molecule has 0 N–H and O–H groups in total. The molecular weight excluding hydrogens is 306 g/mol. The third-order valence-corrected chi connectivity index (χ3v) is 4.33. The van der Waals surface area contributed by atoms with Crippen molar-refractivity contribution in [3.8, 4) is 0 Å². The molecule has 3 rings (SSSR count). The van der Waals surface area contributed by atoms with E-state index in [2.05, 4.69) is 24.0 Å². The van der Waals surface area contributed by atoms with E-state index in [0.717, 1.165) is 5.56 Å². The van der Waals surface area contributed by atoms with Gasteiger partial charge < -0.3 is 4.52 Å². The molecule has 1 aromatic heterocycles. The Morgan fingerprint density at radius 3 is 2.62 bits per heavy atom. The minimum absolute atomic E-state index is 0.0572. The van der Waals surface area contributed by atoms with Crippen LogP contribution in [0, 0.1) is 5.92 Å². The molecule has 1 saturated heterocycles. The fourth-order valence-electron chi connectivity index (χ4n) is 3.00. The molecular formula is C18H21N3O3. The topological polar surface area (TPSA) is 76.3 Å². The average Bonchev–Trinajstić information content (AvgIpc) is 3.06. The Morgan fingerprint density at radius 1 is 1.25 bits per heavy atom. The lowest BCUT2D eigenvalue weighted by Gasteiger charge is -2.22. The minimum atomic E-state index is -0.831. The van der Waals surface area contributed by atoms with E-state index in [1.165, 1.54) is 4.90 Å². The molecule has 0 radical (unpaired) electrons. The van der Waals surface area contributed by atoms with Crippen LogP contribution in [0.5, 0.6) is 0 Å². The molecule has 1 aromatic carbocycles. The number of aromatic nitrogens is 2. The third kappa shape index (κ3) is 2.96. The maximum atomic E-state index is 12.8. The summed E-state index contributed by atoms with van der Waals surface area (Å²) in [4.78, 5) is 30.7. The normalized spacial score (nSPS) is 21.1. The molecule has 1 aliphatic rings. The van der Waals surface area contributed by atoms with Crippen LogP contribution in [-0.4, -0.2) is 26.9 Å². The van der Waals surface area contributed by atoms with Crippen molar-refractivity contribution in [2.75, 3.05) is 0 Å². The molecule has 6 heteroatoms. The number of rotatable bonds is 5. The van der Waals surface area contributed by atoms with Crippen molar-refractivity contribution in [1.29, 1.82) is 0 Å². The van der Waals surface area contributed by atoms with E-state index in [1.807, 2.05) is 37.3 Å². The quantitative estimate of drug-likeness (QED) is 0.789. The van der Waals surface area contributed by atoms with Crippen LogP contribution in [0.2, 0.25) is 0 Å². The van der Waals surface area contributed by atoms with Crippen LogP contribution in [0.3, 0.4) is 0 Å². The summed E-state index contributed by atoms with van der Waals surface area (Å²) in [6.45, 7) is 5.98. The number of amides is 2. The molecule has 0 aliphatic carbocycles. The van der Waals surface area contributed by atoms with Gasteiger partial charge in [-0.05, 0) is 18.4 Å². The molecule has 126 valence electrons. The zero-order chi connectivity index (χ0) is 17.3. The highest BCUT2D eigenvalue weighted by atomic mass is 16.5. The van der Waals surface area contributed by atoms with Crippen LogP contribution in [0.15, 0.2) is 34.9 Å². The predicted octanol–water partition coefficient (Wildman–Crippen LogP) is 2.48. The van der Waals surface area contributed by atoms with E-state index in [1.54, 1.807) is 0 Å². The average molecular weight is 327 g/mol. The number of hydrogen-bond donors (Lipinski definition) is 0. The van der Waals surface area contributed by atoms with Crippen molar-refractivity contribution >= 4 is 11.8 Å². The van der Waals surface area contributed by atoms with E-state index < -0.39 is 5.41 Å². The van der Waals surface area contributed by atoms with E-state index in [-0.39, 0.29) is 24.8 Å². The summed E-state index contributed by atoms with van der Waals surface area (Å²) in [6.07, 6.45) is 0.836. The second-order valence-corrected chi connectivity index (χ2v) is 6.86. The van der Waals surface area contributed by atoms with Crippen LogP contribution >= 0.6 is 0 Å².